The van der Waals surface area contributed by atoms with Gasteiger partial charge >= 0.3 is 5.69 Å². The van der Waals surface area contributed by atoms with Crippen molar-refractivity contribution in [3.8, 4) is 0 Å². The summed E-state index contributed by atoms with van der Waals surface area (Å²) in [4.78, 5) is 20.6. The van der Waals surface area contributed by atoms with E-state index in [0.717, 1.165) is 0 Å². The molecule has 0 radical (unpaired) electrons. The molecule has 0 unspecified atom stereocenters. The molecule has 0 bridgehead atoms. The molecule has 0 saturated carbocycles. The van der Waals surface area contributed by atoms with Gasteiger partial charge in [-0.1, -0.05) is 29.8 Å². The number of non-ortho nitro benzene ring substituents is 1. The van der Waals surface area contributed by atoms with E-state index in [2.05, 4.69) is 5.32 Å². The minimum Gasteiger partial charge on any atom is -0.375 e. The topological polar surface area (TPSA) is 98.3 Å². The van der Waals surface area contributed by atoms with Crippen molar-refractivity contribution >= 4 is 28.7 Å². The minimum atomic E-state index is -0.571. The number of nitrogens with zero attached hydrogens (tertiary/aromatic N) is 2. The summed E-state index contributed by atoms with van der Waals surface area (Å²) in [6.45, 7) is 0.211. The van der Waals surface area contributed by atoms with Crippen molar-refractivity contribution in [2.75, 3.05) is 5.32 Å². The first kappa shape index (κ1) is 14.7. The van der Waals surface area contributed by atoms with Gasteiger partial charge in [-0.25, -0.2) is 0 Å². The maximum atomic E-state index is 11.0. The zero-order chi connectivity index (χ0) is 15.4. The lowest BCUT2D eigenvalue weighted by molar-refractivity contribution is -0.384. The average Bonchev–Trinajstić information content (AvgIpc) is 2.45. The highest BCUT2D eigenvalue weighted by atomic mass is 35.5. The van der Waals surface area contributed by atoms with Crippen molar-refractivity contribution in [1.82, 2.24) is 0 Å². The number of halogens is 1. The molecule has 8 heteroatoms. The van der Waals surface area contributed by atoms with Crippen LogP contribution in [0.1, 0.15) is 5.56 Å². The second-order valence-corrected chi connectivity index (χ2v) is 4.58. The largest absolute Gasteiger partial charge is 0.375 e. The second kappa shape index (κ2) is 6.19. The van der Waals surface area contributed by atoms with E-state index >= 15 is 0 Å². The molecule has 7 nitrogen and oxygen atoms in total. The molecule has 0 amide bonds. The van der Waals surface area contributed by atoms with E-state index in [1.54, 1.807) is 18.2 Å². The first-order valence-electron chi connectivity index (χ1n) is 5.89. The molecule has 108 valence electrons. The van der Waals surface area contributed by atoms with Crippen molar-refractivity contribution in [2.24, 2.45) is 0 Å². The molecule has 0 fully saturated rings. The van der Waals surface area contributed by atoms with E-state index in [4.69, 9.17) is 11.6 Å². The van der Waals surface area contributed by atoms with E-state index in [0.29, 0.717) is 5.56 Å². The predicted octanol–water partition coefficient (Wildman–Crippen LogP) is 3.77. The molecular formula is C13H10ClN3O4. The molecule has 0 heterocycles. The van der Waals surface area contributed by atoms with Crippen LogP contribution in [0.4, 0.5) is 17.1 Å². The van der Waals surface area contributed by atoms with Gasteiger partial charge in [0.2, 0.25) is 0 Å². The van der Waals surface area contributed by atoms with Crippen LogP contribution < -0.4 is 5.32 Å². The number of nitrogens with one attached hydrogen (secondary N) is 1. The van der Waals surface area contributed by atoms with Crippen molar-refractivity contribution in [2.45, 2.75) is 6.54 Å². The highest BCUT2D eigenvalue weighted by Gasteiger charge is 2.18. The van der Waals surface area contributed by atoms with Gasteiger partial charge in [-0.15, -0.1) is 0 Å². The summed E-state index contributed by atoms with van der Waals surface area (Å²) in [5.41, 5.74) is 0.650. The Hall–Kier alpha value is -2.67. The molecule has 0 aliphatic rings. The third-order valence-electron chi connectivity index (χ3n) is 2.77. The fourth-order valence-electron chi connectivity index (χ4n) is 1.82. The highest BCUT2D eigenvalue weighted by Crippen LogP contribution is 2.32. The molecule has 0 aliphatic carbocycles. The number of nitro groups is 2. The Balaban J connectivity index is 2.21. The molecular weight excluding hydrogens is 298 g/mol. The standard InChI is InChI=1S/C13H10ClN3O4/c14-11-5-2-6-12(13(11)17(20)21)15-8-9-3-1-4-10(7-9)16(18)19/h1-7,15H,8H2. The fraction of sp³-hybridized carbons (Fsp3) is 0.0769. The minimum absolute atomic E-state index is 0.0315. The van der Waals surface area contributed by atoms with Crippen LogP contribution in [-0.4, -0.2) is 9.85 Å². The van der Waals surface area contributed by atoms with Crippen LogP contribution in [0, 0.1) is 20.2 Å². The van der Waals surface area contributed by atoms with Gasteiger partial charge in [0.25, 0.3) is 5.69 Å². The lowest BCUT2D eigenvalue weighted by atomic mass is 10.2. The maximum Gasteiger partial charge on any atom is 0.310 e. The van der Waals surface area contributed by atoms with Crippen LogP contribution in [-0.2, 0) is 6.54 Å². The van der Waals surface area contributed by atoms with Crippen LogP contribution in [0.2, 0.25) is 5.02 Å². The first-order chi connectivity index (χ1) is 9.99. The zero-order valence-electron chi connectivity index (χ0n) is 10.7. The molecule has 0 spiro atoms. The number of hydrogen-bond acceptors (Lipinski definition) is 5. The molecule has 0 saturated heterocycles. The van der Waals surface area contributed by atoms with Crippen LogP contribution in [0.15, 0.2) is 42.5 Å². The molecule has 0 aromatic heterocycles. The fourth-order valence-corrected chi connectivity index (χ4v) is 2.06. The summed E-state index contributed by atoms with van der Waals surface area (Å²) in [7, 11) is 0. The van der Waals surface area contributed by atoms with E-state index in [9.17, 15) is 20.2 Å². The number of benzene rings is 2. The van der Waals surface area contributed by atoms with Gasteiger partial charge in [0.1, 0.15) is 10.7 Å². The van der Waals surface area contributed by atoms with Gasteiger partial charge in [-0.2, -0.15) is 0 Å². The molecule has 21 heavy (non-hydrogen) atoms. The summed E-state index contributed by atoms with van der Waals surface area (Å²) < 4.78 is 0. The van der Waals surface area contributed by atoms with E-state index in [-0.39, 0.29) is 28.6 Å². The summed E-state index contributed by atoms with van der Waals surface area (Å²) in [5.74, 6) is 0. The third kappa shape index (κ3) is 3.46. The number of hydrogen-bond donors (Lipinski definition) is 1. The number of para-hydroxylation sites is 1. The highest BCUT2D eigenvalue weighted by molar-refractivity contribution is 6.33. The molecule has 2 rings (SSSR count). The van der Waals surface area contributed by atoms with Crippen molar-refractivity contribution in [3.63, 3.8) is 0 Å². The Kier molecular flexibility index (Phi) is 4.34. The van der Waals surface area contributed by atoms with Gasteiger partial charge in [-0.3, -0.25) is 20.2 Å². The zero-order valence-corrected chi connectivity index (χ0v) is 11.4. The lowest BCUT2D eigenvalue weighted by Gasteiger charge is -2.08. The van der Waals surface area contributed by atoms with Gasteiger partial charge in [0.05, 0.1) is 9.85 Å². The quantitative estimate of drug-likeness (QED) is 0.669. The number of anilines is 1. The Morgan fingerprint density at radius 3 is 2.43 bits per heavy atom. The van der Waals surface area contributed by atoms with E-state index in [1.807, 2.05) is 0 Å². The van der Waals surface area contributed by atoms with Crippen LogP contribution in [0.5, 0.6) is 0 Å². The van der Waals surface area contributed by atoms with Gasteiger partial charge < -0.3 is 5.32 Å². The average molecular weight is 308 g/mol. The molecule has 0 atom stereocenters. The van der Waals surface area contributed by atoms with Gasteiger partial charge in [-0.05, 0) is 17.7 Å². The van der Waals surface area contributed by atoms with Crippen LogP contribution in [0.25, 0.3) is 0 Å². The molecule has 1 N–H and O–H groups in total. The normalized spacial score (nSPS) is 10.1. The van der Waals surface area contributed by atoms with E-state index in [1.165, 1.54) is 24.3 Å². The summed E-state index contributed by atoms with van der Waals surface area (Å²) in [6.07, 6.45) is 0. The lowest BCUT2D eigenvalue weighted by Crippen LogP contribution is -2.03. The number of nitro benzene ring substituents is 2. The van der Waals surface area contributed by atoms with Gasteiger partial charge in [0.15, 0.2) is 0 Å². The molecule has 0 aliphatic heterocycles. The Morgan fingerprint density at radius 1 is 1.05 bits per heavy atom. The number of rotatable bonds is 5. The summed E-state index contributed by atoms with van der Waals surface area (Å²) >= 11 is 5.80. The van der Waals surface area contributed by atoms with Crippen molar-refractivity contribution in [3.05, 3.63) is 73.3 Å². The Labute approximate surface area is 124 Å². The van der Waals surface area contributed by atoms with E-state index < -0.39 is 9.85 Å². The van der Waals surface area contributed by atoms with Crippen LogP contribution in [0.3, 0.4) is 0 Å². The molecule has 2 aromatic rings. The Morgan fingerprint density at radius 2 is 1.76 bits per heavy atom. The van der Waals surface area contributed by atoms with Crippen LogP contribution >= 0.6 is 11.6 Å². The third-order valence-corrected chi connectivity index (χ3v) is 3.08. The second-order valence-electron chi connectivity index (χ2n) is 4.17. The maximum absolute atomic E-state index is 11.0. The predicted molar refractivity (Wildman–Crippen MR) is 78.5 cm³/mol. The first-order valence-corrected chi connectivity index (χ1v) is 6.27. The van der Waals surface area contributed by atoms with Crippen molar-refractivity contribution in [1.29, 1.82) is 0 Å². The Bertz CT molecular complexity index is 706. The van der Waals surface area contributed by atoms with Gasteiger partial charge in [0, 0.05) is 18.7 Å². The van der Waals surface area contributed by atoms with Crippen molar-refractivity contribution < 1.29 is 9.85 Å². The molecule has 2 aromatic carbocycles. The monoisotopic (exact) mass is 307 g/mol. The smallest absolute Gasteiger partial charge is 0.310 e. The summed E-state index contributed by atoms with van der Waals surface area (Å²) in [5, 5.41) is 24.6. The SMILES string of the molecule is O=[N+]([O-])c1cccc(CNc2cccc(Cl)c2[N+](=O)[O-])c1. The summed E-state index contributed by atoms with van der Waals surface area (Å²) in [6, 6.07) is 10.6.